The summed E-state index contributed by atoms with van der Waals surface area (Å²) in [5.74, 6) is 0.789. The number of anilines is 1. The summed E-state index contributed by atoms with van der Waals surface area (Å²) in [4.78, 5) is 25.8. The van der Waals surface area contributed by atoms with Crippen LogP contribution in [0.25, 0.3) is 0 Å². The van der Waals surface area contributed by atoms with Gasteiger partial charge in [0.15, 0.2) is 0 Å². The molecule has 0 bridgehead atoms. The molecule has 2 N–H and O–H groups in total. The third-order valence-electron chi connectivity index (χ3n) is 3.41. The van der Waals surface area contributed by atoms with Gasteiger partial charge in [-0.2, -0.15) is 0 Å². The van der Waals surface area contributed by atoms with Crippen LogP contribution in [0, 0.1) is 0 Å². The zero-order valence-corrected chi connectivity index (χ0v) is 14.2. The van der Waals surface area contributed by atoms with Gasteiger partial charge in [-0.15, -0.1) is 0 Å². The summed E-state index contributed by atoms with van der Waals surface area (Å²) in [6, 6.07) is 6.99. The SMILES string of the molecule is CCOc1ccc(N2CC(NC(=O)NC(C)(C)C)CC2=O)cc1. The molecule has 23 heavy (non-hydrogen) atoms. The van der Waals surface area contributed by atoms with Crippen LogP contribution in [-0.2, 0) is 4.79 Å². The molecule has 1 aromatic carbocycles. The predicted molar refractivity (Wildman–Crippen MR) is 89.8 cm³/mol. The van der Waals surface area contributed by atoms with E-state index in [4.69, 9.17) is 4.74 Å². The molecule has 3 amide bonds. The Morgan fingerprint density at radius 1 is 1.30 bits per heavy atom. The fraction of sp³-hybridized carbons (Fsp3) is 0.529. The van der Waals surface area contributed by atoms with Crippen LogP contribution in [-0.4, -0.2) is 36.7 Å². The van der Waals surface area contributed by atoms with E-state index in [0.717, 1.165) is 11.4 Å². The summed E-state index contributed by atoms with van der Waals surface area (Å²) in [6.45, 7) is 8.76. The second-order valence-electron chi connectivity index (χ2n) is 6.68. The molecule has 1 aliphatic heterocycles. The van der Waals surface area contributed by atoms with Gasteiger partial charge in [0, 0.05) is 24.2 Å². The molecule has 0 spiro atoms. The van der Waals surface area contributed by atoms with Gasteiger partial charge in [-0.3, -0.25) is 4.79 Å². The first-order valence-electron chi connectivity index (χ1n) is 7.90. The smallest absolute Gasteiger partial charge is 0.315 e. The van der Waals surface area contributed by atoms with E-state index in [0.29, 0.717) is 19.6 Å². The topological polar surface area (TPSA) is 70.7 Å². The van der Waals surface area contributed by atoms with E-state index in [1.807, 2.05) is 52.0 Å². The molecule has 1 fully saturated rings. The Hall–Kier alpha value is -2.24. The molecule has 0 radical (unpaired) electrons. The molecule has 0 aliphatic carbocycles. The van der Waals surface area contributed by atoms with Crippen LogP contribution >= 0.6 is 0 Å². The van der Waals surface area contributed by atoms with Gasteiger partial charge in [-0.1, -0.05) is 0 Å². The predicted octanol–water partition coefficient (Wildman–Crippen LogP) is 2.29. The number of nitrogens with zero attached hydrogens (tertiary/aromatic N) is 1. The molecule has 6 heteroatoms. The van der Waals surface area contributed by atoms with E-state index in [1.165, 1.54) is 0 Å². The minimum Gasteiger partial charge on any atom is -0.494 e. The maximum Gasteiger partial charge on any atom is 0.315 e. The van der Waals surface area contributed by atoms with E-state index in [1.54, 1.807) is 4.90 Å². The molecule has 1 saturated heterocycles. The molecule has 1 aromatic rings. The highest BCUT2D eigenvalue weighted by Gasteiger charge is 2.32. The molecule has 2 rings (SSSR count). The summed E-state index contributed by atoms with van der Waals surface area (Å²) in [5, 5.41) is 5.70. The van der Waals surface area contributed by atoms with Gasteiger partial charge < -0.3 is 20.3 Å². The highest BCUT2D eigenvalue weighted by Crippen LogP contribution is 2.24. The summed E-state index contributed by atoms with van der Waals surface area (Å²) in [7, 11) is 0. The summed E-state index contributed by atoms with van der Waals surface area (Å²) in [6.07, 6.45) is 0.310. The number of hydrogen-bond donors (Lipinski definition) is 2. The standard InChI is InChI=1S/C17H25N3O3/c1-5-23-14-8-6-13(7-9-14)20-11-12(10-15(20)21)18-16(22)19-17(2,3)4/h6-9,12H,5,10-11H2,1-4H3,(H2,18,19,22). The van der Waals surface area contributed by atoms with E-state index in [9.17, 15) is 9.59 Å². The number of urea groups is 1. The van der Waals surface area contributed by atoms with Crippen molar-refractivity contribution in [1.82, 2.24) is 10.6 Å². The number of carbonyl (C=O) groups is 2. The first-order valence-corrected chi connectivity index (χ1v) is 7.90. The Kier molecular flexibility index (Phi) is 5.13. The zero-order chi connectivity index (χ0) is 17.0. The number of hydrogen-bond acceptors (Lipinski definition) is 3. The summed E-state index contributed by atoms with van der Waals surface area (Å²) in [5.41, 5.74) is 0.514. The first-order chi connectivity index (χ1) is 10.8. The third kappa shape index (κ3) is 4.87. The largest absolute Gasteiger partial charge is 0.494 e. The highest BCUT2D eigenvalue weighted by molar-refractivity contribution is 5.96. The molecule has 1 heterocycles. The van der Waals surface area contributed by atoms with Crippen LogP contribution in [0.15, 0.2) is 24.3 Å². The molecule has 0 aromatic heterocycles. The molecular formula is C17H25N3O3. The van der Waals surface area contributed by atoms with Crippen molar-refractivity contribution in [2.75, 3.05) is 18.1 Å². The quantitative estimate of drug-likeness (QED) is 0.894. The van der Waals surface area contributed by atoms with Gasteiger partial charge in [0.25, 0.3) is 0 Å². The van der Waals surface area contributed by atoms with Gasteiger partial charge >= 0.3 is 6.03 Å². The van der Waals surface area contributed by atoms with Crippen LogP contribution < -0.4 is 20.3 Å². The van der Waals surface area contributed by atoms with Gasteiger partial charge in [0.2, 0.25) is 5.91 Å². The normalized spacial score (nSPS) is 18.0. The van der Waals surface area contributed by atoms with Gasteiger partial charge in [-0.05, 0) is 52.0 Å². The lowest BCUT2D eigenvalue weighted by Gasteiger charge is -2.23. The van der Waals surface area contributed by atoms with Crippen molar-refractivity contribution in [3.05, 3.63) is 24.3 Å². The number of rotatable bonds is 4. The fourth-order valence-corrected chi connectivity index (χ4v) is 2.50. The van der Waals surface area contributed by atoms with E-state index < -0.39 is 0 Å². The maximum atomic E-state index is 12.2. The Labute approximate surface area is 137 Å². The van der Waals surface area contributed by atoms with E-state index in [-0.39, 0.29) is 23.5 Å². The average Bonchev–Trinajstić information content (AvgIpc) is 2.78. The summed E-state index contributed by atoms with van der Waals surface area (Å²) >= 11 is 0. The number of amides is 3. The van der Waals surface area contributed by atoms with Crippen LogP contribution in [0.1, 0.15) is 34.1 Å². The third-order valence-corrected chi connectivity index (χ3v) is 3.41. The second kappa shape index (κ2) is 6.89. The lowest BCUT2D eigenvalue weighted by molar-refractivity contribution is -0.117. The van der Waals surface area contributed by atoms with Crippen molar-refractivity contribution in [3.63, 3.8) is 0 Å². The monoisotopic (exact) mass is 319 g/mol. The fourth-order valence-electron chi connectivity index (χ4n) is 2.50. The molecule has 1 atom stereocenters. The van der Waals surface area contributed by atoms with Crippen LogP contribution in [0.5, 0.6) is 5.75 Å². The minimum absolute atomic E-state index is 0.00946. The first kappa shape index (κ1) is 17.1. The lowest BCUT2D eigenvalue weighted by Crippen LogP contribution is -2.50. The van der Waals surface area contributed by atoms with Crippen molar-refractivity contribution in [2.24, 2.45) is 0 Å². The van der Waals surface area contributed by atoms with Crippen LogP contribution in [0.4, 0.5) is 10.5 Å². The Bertz CT molecular complexity index is 563. The molecule has 0 saturated carbocycles. The summed E-state index contributed by atoms with van der Waals surface area (Å²) < 4.78 is 5.40. The molecule has 1 aliphatic rings. The van der Waals surface area contributed by atoms with Crippen molar-refractivity contribution >= 4 is 17.6 Å². The van der Waals surface area contributed by atoms with Crippen LogP contribution in [0.2, 0.25) is 0 Å². The number of ether oxygens (including phenoxy) is 1. The van der Waals surface area contributed by atoms with Crippen molar-refractivity contribution < 1.29 is 14.3 Å². The molecule has 6 nitrogen and oxygen atoms in total. The molecular weight excluding hydrogens is 294 g/mol. The van der Waals surface area contributed by atoms with Crippen molar-refractivity contribution in [3.8, 4) is 5.75 Å². The number of benzene rings is 1. The molecule has 1 unspecified atom stereocenters. The average molecular weight is 319 g/mol. The minimum atomic E-state index is -0.304. The van der Waals surface area contributed by atoms with Crippen molar-refractivity contribution in [1.29, 1.82) is 0 Å². The Balaban J connectivity index is 1.95. The molecule has 126 valence electrons. The maximum absolute atomic E-state index is 12.2. The Morgan fingerprint density at radius 3 is 2.52 bits per heavy atom. The van der Waals surface area contributed by atoms with Gasteiger partial charge in [-0.25, -0.2) is 4.79 Å². The van der Waals surface area contributed by atoms with Crippen LogP contribution in [0.3, 0.4) is 0 Å². The second-order valence-corrected chi connectivity index (χ2v) is 6.68. The van der Waals surface area contributed by atoms with Crippen molar-refractivity contribution in [2.45, 2.75) is 45.7 Å². The number of carbonyl (C=O) groups excluding carboxylic acids is 2. The lowest BCUT2D eigenvalue weighted by atomic mass is 10.1. The van der Waals surface area contributed by atoms with E-state index in [2.05, 4.69) is 10.6 Å². The Morgan fingerprint density at radius 2 is 1.96 bits per heavy atom. The highest BCUT2D eigenvalue weighted by atomic mass is 16.5. The number of nitrogens with one attached hydrogen (secondary N) is 2. The zero-order valence-electron chi connectivity index (χ0n) is 14.2. The van der Waals surface area contributed by atoms with Gasteiger partial charge in [0.05, 0.1) is 12.6 Å². The van der Waals surface area contributed by atoms with E-state index >= 15 is 0 Å². The van der Waals surface area contributed by atoms with Gasteiger partial charge in [0.1, 0.15) is 5.75 Å².